The Kier molecular flexibility index (Phi) is 3.31. The summed E-state index contributed by atoms with van der Waals surface area (Å²) in [7, 11) is 1.36. The zero-order chi connectivity index (χ0) is 14.1. The van der Waals surface area contributed by atoms with Crippen molar-refractivity contribution in [1.82, 2.24) is 14.7 Å². The molecule has 0 bridgehead atoms. The summed E-state index contributed by atoms with van der Waals surface area (Å²) in [6.07, 6.45) is 2.14. The molecule has 1 atom stereocenters. The number of piperidine rings is 1. The zero-order valence-corrected chi connectivity index (χ0v) is 11.4. The predicted molar refractivity (Wildman–Crippen MR) is 75.8 cm³/mol. The lowest BCUT2D eigenvalue weighted by Gasteiger charge is -2.22. The molecule has 1 aliphatic heterocycles. The Balaban J connectivity index is 2.18. The summed E-state index contributed by atoms with van der Waals surface area (Å²) in [6.45, 7) is 1.88. The van der Waals surface area contributed by atoms with Crippen molar-refractivity contribution in [2.75, 3.05) is 25.9 Å². The number of fused-ring (bicyclic) bond motifs is 1. The average molecular weight is 274 g/mol. The molecule has 3 rings (SSSR count). The van der Waals surface area contributed by atoms with Gasteiger partial charge in [-0.1, -0.05) is 6.07 Å². The Hall–Kier alpha value is -2.08. The van der Waals surface area contributed by atoms with Crippen molar-refractivity contribution in [2.24, 2.45) is 0 Å². The molecule has 6 nitrogen and oxygen atoms in total. The lowest BCUT2D eigenvalue weighted by molar-refractivity contribution is 0.0596. The van der Waals surface area contributed by atoms with Crippen LogP contribution >= 0.6 is 0 Å². The molecular formula is C14H18N4O2. The second-order valence-corrected chi connectivity index (χ2v) is 5.02. The minimum atomic E-state index is -0.428. The Morgan fingerprint density at radius 1 is 1.55 bits per heavy atom. The van der Waals surface area contributed by atoms with Crippen molar-refractivity contribution in [1.29, 1.82) is 0 Å². The van der Waals surface area contributed by atoms with Gasteiger partial charge in [-0.05, 0) is 31.5 Å². The van der Waals surface area contributed by atoms with E-state index in [2.05, 4.69) is 10.3 Å². The number of esters is 1. The Labute approximate surface area is 116 Å². The summed E-state index contributed by atoms with van der Waals surface area (Å²) < 4.78 is 6.68. The third-order valence-corrected chi connectivity index (χ3v) is 3.76. The number of methoxy groups -OCH3 is 1. The zero-order valence-electron chi connectivity index (χ0n) is 11.4. The summed E-state index contributed by atoms with van der Waals surface area (Å²) in [5, 5.41) is 3.36. The van der Waals surface area contributed by atoms with Crippen LogP contribution in [-0.4, -0.2) is 35.6 Å². The van der Waals surface area contributed by atoms with Crippen molar-refractivity contribution in [2.45, 2.75) is 18.8 Å². The maximum atomic E-state index is 11.9. The SMILES string of the molecule is COC(=O)c1nc(C2CCCNC2)n2c(N)cccc12. The van der Waals surface area contributed by atoms with E-state index in [4.69, 9.17) is 10.5 Å². The number of nitrogens with zero attached hydrogens (tertiary/aromatic N) is 2. The maximum Gasteiger partial charge on any atom is 0.358 e. The predicted octanol–water partition coefficient (Wildman–Crippen LogP) is 1.17. The highest BCUT2D eigenvalue weighted by molar-refractivity contribution is 5.95. The second kappa shape index (κ2) is 5.13. The molecule has 0 radical (unpaired) electrons. The molecule has 20 heavy (non-hydrogen) atoms. The van der Waals surface area contributed by atoms with E-state index in [1.165, 1.54) is 7.11 Å². The molecule has 0 aromatic carbocycles. The average Bonchev–Trinajstić information content (AvgIpc) is 2.88. The van der Waals surface area contributed by atoms with E-state index in [9.17, 15) is 4.79 Å². The summed E-state index contributed by atoms with van der Waals surface area (Å²) >= 11 is 0. The first-order valence-electron chi connectivity index (χ1n) is 6.78. The van der Waals surface area contributed by atoms with Crippen molar-refractivity contribution >= 4 is 17.3 Å². The number of hydrogen-bond donors (Lipinski definition) is 2. The number of imidazole rings is 1. The first-order chi connectivity index (χ1) is 9.72. The smallest absolute Gasteiger partial charge is 0.358 e. The van der Waals surface area contributed by atoms with Crippen LogP contribution in [0.1, 0.15) is 35.1 Å². The van der Waals surface area contributed by atoms with Crippen LogP contribution in [0.2, 0.25) is 0 Å². The molecule has 1 fully saturated rings. The molecule has 1 saturated heterocycles. The number of anilines is 1. The lowest BCUT2D eigenvalue weighted by atomic mass is 9.99. The topological polar surface area (TPSA) is 81.6 Å². The highest BCUT2D eigenvalue weighted by atomic mass is 16.5. The fraction of sp³-hybridized carbons (Fsp3) is 0.429. The van der Waals surface area contributed by atoms with E-state index >= 15 is 0 Å². The maximum absolute atomic E-state index is 11.9. The molecule has 2 aromatic rings. The van der Waals surface area contributed by atoms with E-state index in [-0.39, 0.29) is 5.92 Å². The molecule has 1 aliphatic rings. The van der Waals surface area contributed by atoms with E-state index < -0.39 is 5.97 Å². The molecule has 1 unspecified atom stereocenters. The summed E-state index contributed by atoms with van der Waals surface area (Å²) in [6, 6.07) is 5.48. The largest absolute Gasteiger partial charge is 0.464 e. The van der Waals surface area contributed by atoms with Gasteiger partial charge < -0.3 is 15.8 Å². The fourth-order valence-electron chi connectivity index (χ4n) is 2.78. The van der Waals surface area contributed by atoms with Crippen LogP contribution < -0.4 is 11.1 Å². The van der Waals surface area contributed by atoms with Gasteiger partial charge in [0.05, 0.1) is 12.6 Å². The minimum Gasteiger partial charge on any atom is -0.464 e. The van der Waals surface area contributed by atoms with Crippen LogP contribution in [0.4, 0.5) is 5.82 Å². The quantitative estimate of drug-likeness (QED) is 0.803. The highest BCUT2D eigenvalue weighted by Gasteiger charge is 2.25. The molecular weight excluding hydrogens is 256 g/mol. The number of nitrogens with one attached hydrogen (secondary N) is 1. The molecule has 6 heteroatoms. The number of carbonyl (C=O) groups excluding carboxylic acids is 1. The highest BCUT2D eigenvalue weighted by Crippen LogP contribution is 2.27. The Morgan fingerprint density at radius 3 is 3.10 bits per heavy atom. The number of hydrogen-bond acceptors (Lipinski definition) is 5. The third kappa shape index (κ3) is 2.02. The normalized spacial score (nSPS) is 19.1. The minimum absolute atomic E-state index is 0.263. The molecule has 0 amide bonds. The molecule has 0 spiro atoms. The van der Waals surface area contributed by atoms with Crippen LogP contribution in [0.15, 0.2) is 18.2 Å². The molecule has 0 aliphatic carbocycles. The second-order valence-electron chi connectivity index (χ2n) is 5.02. The Morgan fingerprint density at radius 2 is 2.40 bits per heavy atom. The van der Waals surface area contributed by atoms with Crippen LogP contribution in [0.5, 0.6) is 0 Å². The van der Waals surface area contributed by atoms with E-state index in [1.807, 2.05) is 22.6 Å². The number of ether oxygens (including phenoxy) is 1. The number of rotatable bonds is 2. The first kappa shape index (κ1) is 12.9. The summed E-state index contributed by atoms with van der Waals surface area (Å²) in [4.78, 5) is 16.4. The summed E-state index contributed by atoms with van der Waals surface area (Å²) in [5.41, 5.74) is 7.11. The van der Waals surface area contributed by atoms with Crippen molar-refractivity contribution in [3.05, 3.63) is 29.7 Å². The van der Waals surface area contributed by atoms with Gasteiger partial charge in [0.1, 0.15) is 11.6 Å². The van der Waals surface area contributed by atoms with Gasteiger partial charge >= 0.3 is 5.97 Å². The van der Waals surface area contributed by atoms with E-state index in [0.29, 0.717) is 17.0 Å². The van der Waals surface area contributed by atoms with Gasteiger partial charge in [-0.15, -0.1) is 0 Å². The monoisotopic (exact) mass is 274 g/mol. The van der Waals surface area contributed by atoms with Crippen LogP contribution in [0.3, 0.4) is 0 Å². The first-order valence-corrected chi connectivity index (χ1v) is 6.78. The number of carbonyl (C=O) groups is 1. The standard InChI is InChI=1S/C14H18N4O2/c1-20-14(19)12-10-5-2-6-11(15)18(10)13(17-12)9-4-3-7-16-8-9/h2,5-6,9,16H,3-4,7-8,15H2,1H3. The molecule has 3 heterocycles. The molecule has 0 saturated carbocycles. The molecule has 2 aromatic heterocycles. The lowest BCUT2D eigenvalue weighted by Crippen LogP contribution is -2.29. The van der Waals surface area contributed by atoms with Gasteiger partial charge in [-0.2, -0.15) is 0 Å². The van der Waals surface area contributed by atoms with Crippen LogP contribution in [0.25, 0.3) is 5.52 Å². The van der Waals surface area contributed by atoms with E-state index in [0.717, 1.165) is 31.8 Å². The third-order valence-electron chi connectivity index (χ3n) is 3.76. The number of pyridine rings is 1. The van der Waals surface area contributed by atoms with Crippen LogP contribution in [-0.2, 0) is 4.74 Å². The van der Waals surface area contributed by atoms with Gasteiger partial charge in [0, 0.05) is 12.5 Å². The Bertz CT molecular complexity index is 644. The molecule has 106 valence electrons. The van der Waals surface area contributed by atoms with Gasteiger partial charge in [-0.25, -0.2) is 9.78 Å². The van der Waals surface area contributed by atoms with Crippen LogP contribution in [0, 0.1) is 0 Å². The number of aromatic nitrogens is 2. The van der Waals surface area contributed by atoms with Crippen molar-refractivity contribution in [3.63, 3.8) is 0 Å². The fourth-order valence-corrected chi connectivity index (χ4v) is 2.78. The van der Waals surface area contributed by atoms with Crippen molar-refractivity contribution < 1.29 is 9.53 Å². The van der Waals surface area contributed by atoms with Crippen molar-refractivity contribution in [3.8, 4) is 0 Å². The van der Waals surface area contributed by atoms with E-state index in [1.54, 1.807) is 0 Å². The van der Waals surface area contributed by atoms with Gasteiger partial charge in [-0.3, -0.25) is 4.40 Å². The summed E-state index contributed by atoms with van der Waals surface area (Å²) in [5.74, 6) is 1.26. The van der Waals surface area contributed by atoms with Gasteiger partial charge in [0.2, 0.25) is 0 Å². The number of nitrogen functional groups attached to an aromatic ring is 1. The van der Waals surface area contributed by atoms with Gasteiger partial charge in [0.15, 0.2) is 5.69 Å². The molecule has 3 N–H and O–H groups in total. The number of nitrogens with two attached hydrogens (primary N) is 1. The van der Waals surface area contributed by atoms with Gasteiger partial charge in [0.25, 0.3) is 0 Å².